The molecule has 138 valence electrons. The second-order valence-electron chi connectivity index (χ2n) is 7.12. The molecule has 0 radical (unpaired) electrons. The predicted molar refractivity (Wildman–Crippen MR) is 99.5 cm³/mol. The summed E-state index contributed by atoms with van der Waals surface area (Å²) >= 11 is 9.42. The van der Waals surface area contributed by atoms with Gasteiger partial charge in [-0.25, -0.2) is 9.78 Å². The van der Waals surface area contributed by atoms with Crippen LogP contribution in [-0.4, -0.2) is 51.5 Å². The lowest BCUT2D eigenvalue weighted by molar-refractivity contribution is -0.136. The Balaban J connectivity index is 2.37. The van der Waals surface area contributed by atoms with Crippen LogP contribution in [-0.2, 0) is 9.53 Å². The number of carbonyl (C=O) groups is 2. The molecule has 2 rings (SSSR count). The third-order valence-corrected chi connectivity index (χ3v) is 4.63. The largest absolute Gasteiger partial charge is 0.444 e. The lowest BCUT2D eigenvalue weighted by atomic mass is 9.96. The molecule has 1 aromatic rings. The third-order valence-electron chi connectivity index (χ3n) is 4.03. The Kier molecular flexibility index (Phi) is 5.99. The Labute approximate surface area is 161 Å². The number of pyridine rings is 1. The van der Waals surface area contributed by atoms with Crippen molar-refractivity contribution in [3.8, 4) is 0 Å². The number of nitrogens with zero attached hydrogens (tertiary/aromatic N) is 3. The van der Waals surface area contributed by atoms with Gasteiger partial charge in [0.2, 0.25) is 5.91 Å². The van der Waals surface area contributed by atoms with Crippen LogP contribution in [0.15, 0.2) is 16.7 Å². The van der Waals surface area contributed by atoms with E-state index in [-0.39, 0.29) is 24.1 Å². The van der Waals surface area contributed by atoms with Gasteiger partial charge in [-0.15, -0.1) is 0 Å². The van der Waals surface area contributed by atoms with Gasteiger partial charge in [-0.2, -0.15) is 0 Å². The number of carbonyl (C=O) groups excluding carboxylic acids is 2. The smallest absolute Gasteiger partial charge is 0.410 e. The van der Waals surface area contributed by atoms with Crippen molar-refractivity contribution in [2.45, 2.75) is 52.3 Å². The van der Waals surface area contributed by atoms with Crippen LogP contribution in [0.1, 0.15) is 46.2 Å². The van der Waals surface area contributed by atoms with Gasteiger partial charge in [-0.1, -0.05) is 11.6 Å². The number of piperazine rings is 1. The second-order valence-corrected chi connectivity index (χ2v) is 8.32. The SMILES string of the molecule is CC(=O)N1CCN(C(=O)OC(C)(C)C)C(C)C1c1cc(Cl)nc(Br)c1. The van der Waals surface area contributed by atoms with Gasteiger partial charge in [-0.3, -0.25) is 4.79 Å². The quantitative estimate of drug-likeness (QED) is 0.629. The summed E-state index contributed by atoms with van der Waals surface area (Å²) in [4.78, 5) is 32.2. The molecule has 2 unspecified atom stereocenters. The maximum atomic E-state index is 12.6. The Morgan fingerprint density at radius 1 is 1.28 bits per heavy atom. The van der Waals surface area contributed by atoms with Gasteiger partial charge in [0.1, 0.15) is 15.4 Å². The first kappa shape index (κ1) is 20.0. The van der Waals surface area contributed by atoms with E-state index in [0.29, 0.717) is 22.8 Å². The average molecular weight is 433 g/mol. The van der Waals surface area contributed by atoms with Gasteiger partial charge in [-0.05, 0) is 61.3 Å². The highest BCUT2D eigenvalue weighted by Gasteiger charge is 2.40. The van der Waals surface area contributed by atoms with Crippen LogP contribution in [0.2, 0.25) is 5.15 Å². The molecule has 2 atom stereocenters. The summed E-state index contributed by atoms with van der Waals surface area (Å²) in [5.41, 5.74) is 0.246. The summed E-state index contributed by atoms with van der Waals surface area (Å²) in [5.74, 6) is -0.0512. The first-order chi connectivity index (χ1) is 11.5. The Hall–Kier alpha value is -1.34. The number of halogens is 2. The van der Waals surface area contributed by atoms with E-state index in [2.05, 4.69) is 20.9 Å². The first-order valence-corrected chi connectivity index (χ1v) is 9.26. The molecule has 25 heavy (non-hydrogen) atoms. The highest BCUT2D eigenvalue weighted by molar-refractivity contribution is 9.10. The Morgan fingerprint density at radius 3 is 2.40 bits per heavy atom. The van der Waals surface area contributed by atoms with Crippen LogP contribution in [0.25, 0.3) is 0 Å². The van der Waals surface area contributed by atoms with Crippen molar-refractivity contribution in [2.24, 2.45) is 0 Å². The van der Waals surface area contributed by atoms with E-state index in [1.54, 1.807) is 15.9 Å². The standard InChI is InChI=1S/C17H23BrClN3O3/c1-10-15(12-8-13(18)20-14(19)9-12)22(11(2)23)7-6-21(10)16(24)25-17(3,4)5/h8-10,15H,6-7H2,1-5H3. The minimum Gasteiger partial charge on any atom is -0.444 e. The maximum absolute atomic E-state index is 12.6. The van der Waals surface area contributed by atoms with E-state index in [0.717, 1.165) is 5.56 Å². The Bertz CT molecular complexity index is 657. The van der Waals surface area contributed by atoms with Crippen molar-refractivity contribution in [3.63, 3.8) is 0 Å². The summed E-state index contributed by atoms with van der Waals surface area (Å²) in [6.07, 6.45) is -0.382. The molecule has 1 aromatic heterocycles. The molecule has 0 aliphatic carbocycles. The summed E-state index contributed by atoms with van der Waals surface area (Å²) < 4.78 is 6.09. The van der Waals surface area contributed by atoms with E-state index in [9.17, 15) is 9.59 Å². The highest BCUT2D eigenvalue weighted by Crippen LogP contribution is 2.34. The molecule has 6 nitrogen and oxygen atoms in total. The molecule has 8 heteroatoms. The molecule has 0 bridgehead atoms. The normalized spacial score (nSPS) is 21.2. The predicted octanol–water partition coefficient (Wildman–Crippen LogP) is 4.03. The zero-order valence-corrected chi connectivity index (χ0v) is 17.4. The molecular weight excluding hydrogens is 410 g/mol. The number of aromatic nitrogens is 1. The molecule has 1 aliphatic rings. The monoisotopic (exact) mass is 431 g/mol. The molecular formula is C17H23BrClN3O3. The fourth-order valence-electron chi connectivity index (χ4n) is 3.03. The summed E-state index contributed by atoms with van der Waals surface area (Å²) in [6, 6.07) is 2.96. The number of ether oxygens (including phenoxy) is 1. The van der Waals surface area contributed by atoms with Crippen LogP contribution in [0.5, 0.6) is 0 Å². The van der Waals surface area contributed by atoms with Gasteiger partial charge >= 0.3 is 6.09 Å². The number of amides is 2. The lowest BCUT2D eigenvalue weighted by Gasteiger charge is -2.46. The highest BCUT2D eigenvalue weighted by atomic mass is 79.9. The van der Waals surface area contributed by atoms with Gasteiger partial charge < -0.3 is 14.5 Å². The number of rotatable bonds is 1. The van der Waals surface area contributed by atoms with E-state index in [4.69, 9.17) is 16.3 Å². The van der Waals surface area contributed by atoms with Crippen molar-refractivity contribution in [1.82, 2.24) is 14.8 Å². The number of hydrogen-bond acceptors (Lipinski definition) is 4. The van der Waals surface area contributed by atoms with Crippen LogP contribution >= 0.6 is 27.5 Å². The molecule has 0 N–H and O–H groups in total. The van der Waals surface area contributed by atoms with E-state index >= 15 is 0 Å². The molecule has 1 saturated heterocycles. The van der Waals surface area contributed by atoms with Gasteiger partial charge in [0.25, 0.3) is 0 Å². The zero-order chi connectivity index (χ0) is 18.9. The van der Waals surface area contributed by atoms with Crippen molar-refractivity contribution < 1.29 is 14.3 Å². The fourth-order valence-corrected chi connectivity index (χ4v) is 3.81. The van der Waals surface area contributed by atoms with E-state index in [1.165, 1.54) is 6.92 Å². The second kappa shape index (κ2) is 7.50. The van der Waals surface area contributed by atoms with Crippen LogP contribution in [0, 0.1) is 0 Å². The van der Waals surface area contributed by atoms with Crippen molar-refractivity contribution in [1.29, 1.82) is 0 Å². The minimum absolute atomic E-state index is 0.0512. The third kappa shape index (κ3) is 4.85. The topological polar surface area (TPSA) is 62.7 Å². The van der Waals surface area contributed by atoms with Crippen molar-refractivity contribution >= 4 is 39.5 Å². The Morgan fingerprint density at radius 2 is 1.88 bits per heavy atom. The van der Waals surface area contributed by atoms with Gasteiger partial charge in [0.15, 0.2) is 0 Å². The summed E-state index contributed by atoms with van der Waals surface area (Å²) in [7, 11) is 0. The molecule has 2 heterocycles. The molecule has 1 fully saturated rings. The summed E-state index contributed by atoms with van der Waals surface area (Å²) in [5, 5.41) is 0.328. The molecule has 0 spiro atoms. The van der Waals surface area contributed by atoms with Crippen molar-refractivity contribution in [2.75, 3.05) is 13.1 Å². The average Bonchev–Trinajstić information content (AvgIpc) is 2.43. The fraction of sp³-hybridized carbons (Fsp3) is 0.588. The molecule has 1 aliphatic heterocycles. The zero-order valence-electron chi connectivity index (χ0n) is 15.0. The van der Waals surface area contributed by atoms with E-state index < -0.39 is 5.60 Å². The van der Waals surface area contributed by atoms with Crippen LogP contribution in [0.3, 0.4) is 0 Å². The molecule has 0 aromatic carbocycles. The molecule has 0 saturated carbocycles. The minimum atomic E-state index is -0.576. The van der Waals surface area contributed by atoms with Crippen LogP contribution in [0.4, 0.5) is 4.79 Å². The van der Waals surface area contributed by atoms with Crippen molar-refractivity contribution in [3.05, 3.63) is 27.5 Å². The van der Waals surface area contributed by atoms with E-state index in [1.807, 2.05) is 33.8 Å². The van der Waals surface area contributed by atoms with Gasteiger partial charge in [0, 0.05) is 20.0 Å². The van der Waals surface area contributed by atoms with Crippen LogP contribution < -0.4 is 0 Å². The molecule has 2 amide bonds. The number of hydrogen-bond donors (Lipinski definition) is 0. The summed E-state index contributed by atoms with van der Waals surface area (Å²) in [6.45, 7) is 9.79. The maximum Gasteiger partial charge on any atom is 0.410 e. The van der Waals surface area contributed by atoms with Gasteiger partial charge in [0.05, 0.1) is 12.1 Å². The lowest BCUT2D eigenvalue weighted by Crippen LogP contribution is -2.57. The first-order valence-electron chi connectivity index (χ1n) is 8.09.